The van der Waals surface area contributed by atoms with Crippen molar-refractivity contribution in [2.75, 3.05) is 11.1 Å². The Morgan fingerprint density at radius 3 is 2.45 bits per heavy atom. The molecule has 0 aromatic heterocycles. The van der Waals surface area contributed by atoms with Crippen molar-refractivity contribution in [3.63, 3.8) is 0 Å². The molecule has 5 N–H and O–H groups in total. The van der Waals surface area contributed by atoms with Gasteiger partial charge in [0.1, 0.15) is 5.82 Å². The molecule has 0 aliphatic rings. The van der Waals surface area contributed by atoms with Crippen molar-refractivity contribution in [3.8, 4) is 0 Å². The van der Waals surface area contributed by atoms with E-state index in [2.05, 4.69) is 5.32 Å². The third-order valence-corrected chi connectivity index (χ3v) is 2.68. The van der Waals surface area contributed by atoms with Gasteiger partial charge in [0.25, 0.3) is 11.8 Å². The molecule has 0 aliphatic heterocycles. The van der Waals surface area contributed by atoms with Crippen molar-refractivity contribution in [1.29, 1.82) is 0 Å². The fourth-order valence-corrected chi connectivity index (χ4v) is 1.71. The van der Waals surface area contributed by atoms with Gasteiger partial charge in [-0.3, -0.25) is 9.59 Å². The van der Waals surface area contributed by atoms with Crippen LogP contribution < -0.4 is 16.8 Å². The minimum atomic E-state index is -0.705. The van der Waals surface area contributed by atoms with Gasteiger partial charge in [-0.1, -0.05) is 12.1 Å². The van der Waals surface area contributed by atoms with Crippen molar-refractivity contribution in [2.45, 2.75) is 0 Å². The van der Waals surface area contributed by atoms with Crippen LogP contribution in [0.2, 0.25) is 0 Å². The van der Waals surface area contributed by atoms with Crippen molar-refractivity contribution < 1.29 is 14.0 Å². The molecule has 2 amide bonds. The Morgan fingerprint density at radius 1 is 1.05 bits per heavy atom. The number of primary amides is 1. The van der Waals surface area contributed by atoms with E-state index < -0.39 is 17.6 Å². The van der Waals surface area contributed by atoms with E-state index in [0.29, 0.717) is 0 Å². The zero-order valence-corrected chi connectivity index (χ0v) is 10.4. The summed E-state index contributed by atoms with van der Waals surface area (Å²) >= 11 is 0. The molecule has 0 atom stereocenters. The molecule has 0 bridgehead atoms. The summed E-state index contributed by atoms with van der Waals surface area (Å²) in [6, 6.07) is 9.87. The van der Waals surface area contributed by atoms with E-state index in [1.54, 1.807) is 12.1 Å². The first kappa shape index (κ1) is 13.5. The lowest BCUT2D eigenvalue weighted by molar-refractivity contribution is 0.100. The van der Waals surface area contributed by atoms with Crippen molar-refractivity contribution in [1.82, 2.24) is 0 Å². The van der Waals surface area contributed by atoms with Gasteiger partial charge < -0.3 is 16.8 Å². The Kier molecular flexibility index (Phi) is 3.65. The van der Waals surface area contributed by atoms with Crippen LogP contribution in [0.1, 0.15) is 20.7 Å². The average molecular weight is 273 g/mol. The highest BCUT2D eigenvalue weighted by Crippen LogP contribution is 2.18. The van der Waals surface area contributed by atoms with E-state index in [1.165, 1.54) is 24.3 Å². The predicted molar refractivity (Wildman–Crippen MR) is 73.7 cm³/mol. The fraction of sp³-hybridized carbons (Fsp3) is 0. The number of benzene rings is 2. The van der Waals surface area contributed by atoms with Gasteiger partial charge in [-0.2, -0.15) is 0 Å². The second-order valence-corrected chi connectivity index (χ2v) is 4.10. The van der Waals surface area contributed by atoms with Gasteiger partial charge in [-0.05, 0) is 30.3 Å². The van der Waals surface area contributed by atoms with Crippen LogP contribution >= 0.6 is 0 Å². The number of nitrogens with one attached hydrogen (secondary N) is 1. The minimum absolute atomic E-state index is 0.144. The summed E-state index contributed by atoms with van der Waals surface area (Å²) in [5, 5.41) is 2.44. The first-order valence-corrected chi connectivity index (χ1v) is 5.74. The SMILES string of the molecule is NC(=O)c1ccccc1NC(=O)c1cc(N)ccc1F. The summed E-state index contributed by atoms with van der Waals surface area (Å²) in [6.07, 6.45) is 0. The molecular weight excluding hydrogens is 261 g/mol. The zero-order valence-electron chi connectivity index (χ0n) is 10.4. The average Bonchev–Trinajstić information content (AvgIpc) is 2.41. The van der Waals surface area contributed by atoms with E-state index in [-0.39, 0.29) is 22.5 Å². The Balaban J connectivity index is 2.33. The van der Waals surface area contributed by atoms with E-state index in [0.717, 1.165) is 6.07 Å². The second-order valence-electron chi connectivity index (χ2n) is 4.10. The third kappa shape index (κ3) is 2.74. The fourth-order valence-electron chi connectivity index (χ4n) is 1.71. The maximum Gasteiger partial charge on any atom is 0.258 e. The minimum Gasteiger partial charge on any atom is -0.399 e. The summed E-state index contributed by atoms with van der Waals surface area (Å²) in [5.41, 5.74) is 11.1. The number of carbonyl (C=O) groups excluding carboxylic acids is 2. The highest BCUT2D eigenvalue weighted by atomic mass is 19.1. The van der Waals surface area contributed by atoms with Gasteiger partial charge in [-0.15, -0.1) is 0 Å². The molecule has 0 spiro atoms. The Bertz CT molecular complexity index is 686. The van der Waals surface area contributed by atoms with Crippen LogP contribution in [0, 0.1) is 5.82 Å². The second kappa shape index (κ2) is 5.40. The number of para-hydroxylation sites is 1. The number of halogens is 1. The predicted octanol–water partition coefficient (Wildman–Crippen LogP) is 1.76. The normalized spacial score (nSPS) is 10.1. The first-order chi connectivity index (χ1) is 9.49. The number of nitrogen functional groups attached to an aromatic ring is 1. The molecule has 2 aromatic carbocycles. The summed E-state index contributed by atoms with van der Waals surface area (Å²) < 4.78 is 13.6. The summed E-state index contributed by atoms with van der Waals surface area (Å²) in [4.78, 5) is 23.2. The number of hydrogen-bond acceptors (Lipinski definition) is 3. The molecule has 0 saturated heterocycles. The smallest absolute Gasteiger partial charge is 0.258 e. The van der Waals surface area contributed by atoms with Crippen LogP contribution in [0.3, 0.4) is 0 Å². The summed E-state index contributed by atoms with van der Waals surface area (Å²) in [7, 11) is 0. The lowest BCUT2D eigenvalue weighted by Gasteiger charge is -2.09. The quantitative estimate of drug-likeness (QED) is 0.743. The monoisotopic (exact) mass is 273 g/mol. The van der Waals surface area contributed by atoms with Crippen molar-refractivity contribution >= 4 is 23.2 Å². The number of nitrogens with two attached hydrogens (primary N) is 2. The Hall–Kier alpha value is -2.89. The first-order valence-electron chi connectivity index (χ1n) is 5.74. The molecule has 5 nitrogen and oxygen atoms in total. The van der Waals surface area contributed by atoms with Gasteiger partial charge >= 0.3 is 0 Å². The molecule has 0 unspecified atom stereocenters. The molecule has 0 radical (unpaired) electrons. The van der Waals surface area contributed by atoms with E-state index in [9.17, 15) is 14.0 Å². The standard InChI is InChI=1S/C14H12FN3O2/c15-11-6-5-8(16)7-10(11)14(20)18-12-4-2-1-3-9(12)13(17)19/h1-7H,16H2,(H2,17,19)(H,18,20). The molecule has 0 fully saturated rings. The van der Waals surface area contributed by atoms with E-state index >= 15 is 0 Å². The molecule has 2 aromatic rings. The Morgan fingerprint density at radius 2 is 1.75 bits per heavy atom. The van der Waals surface area contributed by atoms with Crippen LogP contribution in [-0.4, -0.2) is 11.8 Å². The van der Waals surface area contributed by atoms with Crippen molar-refractivity contribution in [3.05, 3.63) is 59.4 Å². The van der Waals surface area contributed by atoms with Crippen molar-refractivity contribution in [2.24, 2.45) is 5.73 Å². The number of carbonyl (C=O) groups is 2. The third-order valence-electron chi connectivity index (χ3n) is 2.68. The molecule has 6 heteroatoms. The van der Waals surface area contributed by atoms with Gasteiger partial charge in [0.15, 0.2) is 0 Å². The topological polar surface area (TPSA) is 98.2 Å². The molecule has 2 rings (SSSR count). The number of rotatable bonds is 3. The lowest BCUT2D eigenvalue weighted by Crippen LogP contribution is -2.19. The van der Waals surface area contributed by atoms with Gasteiger partial charge in [0.2, 0.25) is 0 Å². The molecular formula is C14H12FN3O2. The number of anilines is 2. The number of hydrogen-bond donors (Lipinski definition) is 3. The van der Waals surface area contributed by atoms with Crippen LogP contribution in [0.15, 0.2) is 42.5 Å². The Labute approximate surface area is 114 Å². The van der Waals surface area contributed by atoms with E-state index in [1.807, 2.05) is 0 Å². The lowest BCUT2D eigenvalue weighted by atomic mass is 10.1. The molecule has 102 valence electrons. The molecule has 0 saturated carbocycles. The zero-order chi connectivity index (χ0) is 14.7. The largest absolute Gasteiger partial charge is 0.399 e. The summed E-state index contributed by atoms with van der Waals surface area (Å²) in [6.45, 7) is 0. The van der Waals surface area contributed by atoms with Crippen LogP contribution in [0.5, 0.6) is 0 Å². The molecule has 20 heavy (non-hydrogen) atoms. The maximum atomic E-state index is 13.6. The van der Waals surface area contributed by atoms with Crippen LogP contribution in [0.25, 0.3) is 0 Å². The van der Waals surface area contributed by atoms with Gasteiger partial charge in [0, 0.05) is 5.69 Å². The highest BCUT2D eigenvalue weighted by Gasteiger charge is 2.15. The highest BCUT2D eigenvalue weighted by molar-refractivity contribution is 6.09. The summed E-state index contributed by atoms with van der Waals surface area (Å²) in [5.74, 6) is -2.09. The molecule has 0 heterocycles. The van der Waals surface area contributed by atoms with Crippen LogP contribution in [-0.2, 0) is 0 Å². The van der Waals surface area contributed by atoms with Gasteiger partial charge in [0.05, 0.1) is 16.8 Å². The van der Waals surface area contributed by atoms with Crippen LogP contribution in [0.4, 0.5) is 15.8 Å². The number of amides is 2. The van der Waals surface area contributed by atoms with E-state index in [4.69, 9.17) is 11.5 Å². The van der Waals surface area contributed by atoms with Gasteiger partial charge in [-0.25, -0.2) is 4.39 Å². The molecule has 0 aliphatic carbocycles. The maximum absolute atomic E-state index is 13.6.